The van der Waals surface area contributed by atoms with Crippen LogP contribution in [0.4, 0.5) is 0 Å². The molecule has 1 fully saturated rings. The van der Waals surface area contributed by atoms with Crippen molar-refractivity contribution in [3.05, 3.63) is 35.4 Å². The highest BCUT2D eigenvalue weighted by Crippen LogP contribution is 2.23. The van der Waals surface area contributed by atoms with Crippen LogP contribution >= 0.6 is 24.0 Å². The van der Waals surface area contributed by atoms with Gasteiger partial charge in [-0.15, -0.1) is 24.0 Å². The van der Waals surface area contributed by atoms with Gasteiger partial charge in [0.15, 0.2) is 5.96 Å². The summed E-state index contributed by atoms with van der Waals surface area (Å²) in [6.45, 7) is 6.83. The summed E-state index contributed by atoms with van der Waals surface area (Å²) in [4.78, 5) is 7.03. The molecule has 3 N–H and O–H groups in total. The molecule has 0 heterocycles. The maximum atomic E-state index is 5.97. The molecule has 0 amide bonds. The molecule has 1 saturated carbocycles. The van der Waals surface area contributed by atoms with Crippen molar-refractivity contribution >= 4 is 29.9 Å². The van der Waals surface area contributed by atoms with Crippen molar-refractivity contribution in [2.24, 2.45) is 16.6 Å². The van der Waals surface area contributed by atoms with E-state index in [0.717, 1.165) is 19.1 Å². The molecule has 4 nitrogen and oxygen atoms in total. The average molecular weight is 458 g/mol. The van der Waals surface area contributed by atoms with E-state index in [2.05, 4.69) is 60.4 Å². The summed E-state index contributed by atoms with van der Waals surface area (Å²) in [5.41, 5.74) is 8.61. The largest absolute Gasteiger partial charge is 0.370 e. The van der Waals surface area contributed by atoms with Crippen LogP contribution in [0.15, 0.2) is 29.3 Å². The number of benzene rings is 1. The zero-order chi connectivity index (χ0) is 17.4. The van der Waals surface area contributed by atoms with Crippen LogP contribution in [0.2, 0.25) is 0 Å². The minimum atomic E-state index is 0. The minimum absolute atomic E-state index is 0. The third-order valence-electron chi connectivity index (χ3n) is 4.85. The zero-order valence-electron chi connectivity index (χ0n) is 16.0. The van der Waals surface area contributed by atoms with Gasteiger partial charge in [0.25, 0.3) is 0 Å². The first-order valence-electron chi connectivity index (χ1n) is 9.37. The maximum Gasteiger partial charge on any atom is 0.188 e. The summed E-state index contributed by atoms with van der Waals surface area (Å²) in [6, 6.07) is 9.34. The molecule has 1 aliphatic rings. The van der Waals surface area contributed by atoms with E-state index in [-0.39, 0.29) is 24.0 Å². The van der Waals surface area contributed by atoms with E-state index in [1.807, 2.05) is 0 Å². The van der Waals surface area contributed by atoms with E-state index >= 15 is 0 Å². The Morgan fingerprint density at radius 1 is 1.20 bits per heavy atom. The first-order chi connectivity index (χ1) is 11.6. The molecule has 1 aromatic rings. The Labute approximate surface area is 170 Å². The molecule has 0 saturated heterocycles. The lowest BCUT2D eigenvalue weighted by molar-refractivity contribution is 0.184. The molecule has 0 aromatic heterocycles. The molecule has 0 atom stereocenters. The van der Waals surface area contributed by atoms with Crippen molar-refractivity contribution in [2.45, 2.75) is 65.1 Å². The normalized spacial score (nSPS) is 16.1. The highest BCUT2D eigenvalue weighted by Gasteiger charge is 2.18. The second kappa shape index (κ2) is 11.7. The lowest BCUT2D eigenvalue weighted by atomic mass is 9.94. The second-order valence-corrected chi connectivity index (χ2v) is 7.45. The van der Waals surface area contributed by atoms with Crippen LogP contribution in [0, 0.1) is 5.92 Å². The third kappa shape index (κ3) is 7.94. The summed E-state index contributed by atoms with van der Waals surface area (Å²) < 4.78 is 0. The predicted octanol–water partition coefficient (Wildman–Crippen LogP) is 4.13. The molecular weight excluding hydrogens is 423 g/mol. The van der Waals surface area contributed by atoms with Crippen LogP contribution in [0.3, 0.4) is 0 Å². The summed E-state index contributed by atoms with van der Waals surface area (Å²) in [5, 5.41) is 3.18. The van der Waals surface area contributed by atoms with E-state index in [1.54, 1.807) is 0 Å². The van der Waals surface area contributed by atoms with Gasteiger partial charge in [0.05, 0.1) is 6.54 Å². The van der Waals surface area contributed by atoms with Crippen LogP contribution in [0.5, 0.6) is 0 Å². The van der Waals surface area contributed by atoms with Crippen LogP contribution < -0.4 is 11.1 Å². The number of nitrogens with two attached hydrogens (primary N) is 1. The Morgan fingerprint density at radius 2 is 1.84 bits per heavy atom. The number of nitrogens with zero attached hydrogens (tertiary/aromatic N) is 2. The number of rotatable bonds is 7. The molecule has 0 aliphatic heterocycles. The van der Waals surface area contributed by atoms with Gasteiger partial charge in [-0.1, -0.05) is 57.4 Å². The van der Waals surface area contributed by atoms with Crippen molar-refractivity contribution in [1.82, 2.24) is 10.2 Å². The Kier molecular flexibility index (Phi) is 10.4. The van der Waals surface area contributed by atoms with E-state index in [0.29, 0.717) is 18.4 Å². The van der Waals surface area contributed by atoms with Crippen molar-refractivity contribution in [3.63, 3.8) is 0 Å². The zero-order valence-corrected chi connectivity index (χ0v) is 18.3. The van der Waals surface area contributed by atoms with Crippen molar-refractivity contribution in [3.8, 4) is 0 Å². The maximum absolute atomic E-state index is 5.97. The molecule has 0 spiro atoms. The van der Waals surface area contributed by atoms with E-state index in [9.17, 15) is 0 Å². The summed E-state index contributed by atoms with van der Waals surface area (Å²) >= 11 is 0. The van der Waals surface area contributed by atoms with Gasteiger partial charge in [-0.05, 0) is 36.9 Å². The molecule has 142 valence electrons. The molecular formula is C20H35IN4. The van der Waals surface area contributed by atoms with Gasteiger partial charge in [0, 0.05) is 19.1 Å². The van der Waals surface area contributed by atoms with Gasteiger partial charge in [-0.25, -0.2) is 4.99 Å². The molecule has 1 aromatic carbocycles. The molecule has 2 rings (SSSR count). The van der Waals surface area contributed by atoms with Gasteiger partial charge in [0.2, 0.25) is 0 Å². The summed E-state index contributed by atoms with van der Waals surface area (Å²) in [6.07, 6.45) is 6.82. The first-order valence-corrected chi connectivity index (χ1v) is 9.37. The van der Waals surface area contributed by atoms with Crippen molar-refractivity contribution < 1.29 is 0 Å². The predicted molar refractivity (Wildman–Crippen MR) is 118 cm³/mol. The Bertz CT molecular complexity index is 524. The fourth-order valence-corrected chi connectivity index (χ4v) is 3.32. The fourth-order valence-electron chi connectivity index (χ4n) is 3.32. The van der Waals surface area contributed by atoms with Crippen molar-refractivity contribution in [1.29, 1.82) is 0 Å². The number of nitrogens with one attached hydrogen (secondary N) is 1. The average Bonchev–Trinajstić information content (AvgIpc) is 2.60. The van der Waals surface area contributed by atoms with E-state index < -0.39 is 0 Å². The molecule has 0 radical (unpaired) electrons. The third-order valence-corrected chi connectivity index (χ3v) is 4.85. The highest BCUT2D eigenvalue weighted by molar-refractivity contribution is 14.0. The van der Waals surface area contributed by atoms with E-state index in [1.165, 1.54) is 43.2 Å². The lowest BCUT2D eigenvalue weighted by Crippen LogP contribution is -2.34. The van der Waals surface area contributed by atoms with Crippen LogP contribution in [0.1, 0.15) is 57.1 Å². The molecule has 25 heavy (non-hydrogen) atoms. The van der Waals surface area contributed by atoms with Gasteiger partial charge in [0.1, 0.15) is 0 Å². The molecule has 5 heteroatoms. The minimum Gasteiger partial charge on any atom is -0.370 e. The fraction of sp³-hybridized carbons (Fsp3) is 0.650. The number of guanidine groups is 1. The Morgan fingerprint density at radius 3 is 2.48 bits per heavy atom. The van der Waals surface area contributed by atoms with Gasteiger partial charge in [-0.3, -0.25) is 4.90 Å². The van der Waals surface area contributed by atoms with Gasteiger partial charge < -0.3 is 11.1 Å². The summed E-state index contributed by atoms with van der Waals surface area (Å²) in [5.74, 6) is 1.11. The Hall–Kier alpha value is -0.820. The number of aliphatic imine (C=N–C) groups is 1. The standard InChI is InChI=1S/C20H34N4.HI/c1-16(2)13-22-20(21)23-14-17-9-7-8-10-18(17)15-24(3)19-11-5-4-6-12-19;/h7-10,16,19H,4-6,11-15H2,1-3H3,(H3,21,22,23);1H. The van der Waals surface area contributed by atoms with Crippen LogP contribution in [0.25, 0.3) is 0 Å². The van der Waals surface area contributed by atoms with E-state index in [4.69, 9.17) is 5.73 Å². The van der Waals surface area contributed by atoms with Crippen molar-refractivity contribution in [2.75, 3.05) is 13.6 Å². The highest BCUT2D eigenvalue weighted by atomic mass is 127. The van der Waals surface area contributed by atoms with Crippen LogP contribution in [-0.4, -0.2) is 30.5 Å². The number of hydrogen-bond donors (Lipinski definition) is 2. The first kappa shape index (κ1) is 22.2. The Balaban J connectivity index is 0.00000312. The van der Waals surface area contributed by atoms with Gasteiger partial charge in [-0.2, -0.15) is 0 Å². The van der Waals surface area contributed by atoms with Gasteiger partial charge >= 0.3 is 0 Å². The molecule has 0 bridgehead atoms. The quantitative estimate of drug-likeness (QED) is 0.367. The smallest absolute Gasteiger partial charge is 0.188 e. The molecule has 0 unspecified atom stereocenters. The summed E-state index contributed by atoms with van der Waals surface area (Å²) in [7, 11) is 2.26. The number of halogens is 1. The monoisotopic (exact) mass is 458 g/mol. The SMILES string of the molecule is CC(C)CNC(N)=NCc1ccccc1CN(C)C1CCCCC1.I. The topological polar surface area (TPSA) is 53.6 Å². The lowest BCUT2D eigenvalue weighted by Gasteiger charge is -2.31. The molecule has 1 aliphatic carbocycles. The van der Waals surface area contributed by atoms with Crippen LogP contribution in [-0.2, 0) is 13.1 Å². The number of hydrogen-bond acceptors (Lipinski definition) is 2. The second-order valence-electron chi connectivity index (χ2n) is 7.45.